The van der Waals surface area contributed by atoms with Crippen molar-refractivity contribution in [3.05, 3.63) is 59.4 Å². The Hall–Kier alpha value is -2.62. The van der Waals surface area contributed by atoms with Crippen LogP contribution in [0.2, 0.25) is 0 Å². The molecule has 0 radical (unpaired) electrons. The molecular formula is C16H13FO3. The van der Waals surface area contributed by atoms with E-state index in [1.54, 1.807) is 36.4 Å². The third-order valence-corrected chi connectivity index (χ3v) is 2.91. The second-order valence-corrected chi connectivity index (χ2v) is 4.42. The highest BCUT2D eigenvalue weighted by Crippen LogP contribution is 2.25. The SMILES string of the molecule is CC(=Cc1ccc(-c2ccc(O)c(F)c2)cc1)C(=O)O. The molecule has 20 heavy (non-hydrogen) atoms. The molecule has 0 unspecified atom stereocenters. The van der Waals surface area contributed by atoms with Gasteiger partial charge in [0.25, 0.3) is 0 Å². The number of benzene rings is 2. The van der Waals surface area contributed by atoms with E-state index in [1.807, 2.05) is 0 Å². The molecule has 0 saturated heterocycles. The molecule has 3 nitrogen and oxygen atoms in total. The zero-order valence-electron chi connectivity index (χ0n) is 10.8. The molecule has 0 aromatic heterocycles. The highest BCUT2D eigenvalue weighted by molar-refractivity contribution is 5.91. The number of carboxylic acid groups (broad SMARTS) is 1. The van der Waals surface area contributed by atoms with Crippen LogP contribution in [0.1, 0.15) is 12.5 Å². The summed E-state index contributed by atoms with van der Waals surface area (Å²) in [5.41, 5.74) is 2.43. The van der Waals surface area contributed by atoms with Gasteiger partial charge in [-0.15, -0.1) is 0 Å². The van der Waals surface area contributed by atoms with E-state index in [2.05, 4.69) is 0 Å². The van der Waals surface area contributed by atoms with Gasteiger partial charge in [0.05, 0.1) is 0 Å². The van der Waals surface area contributed by atoms with Crippen molar-refractivity contribution in [2.45, 2.75) is 6.92 Å². The summed E-state index contributed by atoms with van der Waals surface area (Å²) in [4.78, 5) is 10.7. The van der Waals surface area contributed by atoms with Crippen molar-refractivity contribution < 1.29 is 19.4 Å². The maximum Gasteiger partial charge on any atom is 0.331 e. The van der Waals surface area contributed by atoms with Gasteiger partial charge in [-0.25, -0.2) is 9.18 Å². The first-order chi connectivity index (χ1) is 9.47. The number of halogens is 1. The van der Waals surface area contributed by atoms with Crippen LogP contribution in [0, 0.1) is 5.82 Å². The lowest BCUT2D eigenvalue weighted by Gasteiger charge is -2.04. The molecule has 0 aliphatic heterocycles. The molecule has 0 atom stereocenters. The zero-order valence-corrected chi connectivity index (χ0v) is 10.8. The summed E-state index contributed by atoms with van der Waals surface area (Å²) in [6, 6.07) is 11.2. The molecule has 2 N–H and O–H groups in total. The van der Waals surface area contributed by atoms with Crippen molar-refractivity contribution in [2.75, 3.05) is 0 Å². The average molecular weight is 272 g/mol. The fraction of sp³-hybridized carbons (Fsp3) is 0.0625. The molecule has 0 bridgehead atoms. The molecule has 0 fully saturated rings. The summed E-state index contributed by atoms with van der Waals surface area (Å²) in [5, 5.41) is 17.9. The molecule has 2 aromatic rings. The normalized spacial score (nSPS) is 11.4. The van der Waals surface area contributed by atoms with E-state index >= 15 is 0 Å². The van der Waals surface area contributed by atoms with Gasteiger partial charge in [0.15, 0.2) is 11.6 Å². The van der Waals surface area contributed by atoms with Crippen LogP contribution in [0.3, 0.4) is 0 Å². The van der Waals surface area contributed by atoms with Gasteiger partial charge in [-0.2, -0.15) is 0 Å². The van der Waals surface area contributed by atoms with Gasteiger partial charge in [-0.1, -0.05) is 30.3 Å². The smallest absolute Gasteiger partial charge is 0.331 e. The van der Waals surface area contributed by atoms with E-state index < -0.39 is 11.8 Å². The summed E-state index contributed by atoms with van der Waals surface area (Å²) in [6.07, 6.45) is 1.56. The minimum absolute atomic E-state index is 0.244. The van der Waals surface area contributed by atoms with E-state index in [1.165, 1.54) is 19.1 Å². The van der Waals surface area contributed by atoms with Crippen LogP contribution in [0.25, 0.3) is 17.2 Å². The van der Waals surface area contributed by atoms with Gasteiger partial charge in [0, 0.05) is 5.57 Å². The summed E-state index contributed by atoms with van der Waals surface area (Å²) in [5.74, 6) is -2.02. The third kappa shape index (κ3) is 3.03. The quantitative estimate of drug-likeness (QED) is 0.838. The first-order valence-electron chi connectivity index (χ1n) is 5.98. The van der Waals surface area contributed by atoms with Gasteiger partial charge in [0.1, 0.15) is 0 Å². The Morgan fingerprint density at radius 2 is 1.70 bits per heavy atom. The van der Waals surface area contributed by atoms with Crippen molar-refractivity contribution in [1.82, 2.24) is 0 Å². The average Bonchev–Trinajstić information content (AvgIpc) is 2.42. The van der Waals surface area contributed by atoms with E-state index in [-0.39, 0.29) is 11.3 Å². The number of carboxylic acids is 1. The van der Waals surface area contributed by atoms with Crippen molar-refractivity contribution >= 4 is 12.0 Å². The Balaban J connectivity index is 2.30. The van der Waals surface area contributed by atoms with E-state index in [0.717, 1.165) is 11.1 Å². The molecule has 0 spiro atoms. The Kier molecular flexibility index (Phi) is 3.84. The number of carbonyl (C=O) groups is 1. The molecule has 0 aliphatic carbocycles. The van der Waals surface area contributed by atoms with Gasteiger partial charge >= 0.3 is 5.97 Å². The molecule has 0 amide bonds. The standard InChI is InChI=1S/C16H13FO3/c1-10(16(19)20)8-11-2-4-12(5-3-11)13-6-7-15(18)14(17)9-13/h2-9,18H,1H3,(H,19,20). The van der Waals surface area contributed by atoms with Gasteiger partial charge in [0.2, 0.25) is 0 Å². The Labute approximate surface area is 115 Å². The molecule has 102 valence electrons. The molecule has 0 aliphatic rings. The van der Waals surface area contributed by atoms with E-state index in [9.17, 15) is 9.18 Å². The number of phenols is 1. The monoisotopic (exact) mass is 272 g/mol. The van der Waals surface area contributed by atoms with E-state index in [0.29, 0.717) is 5.56 Å². The minimum Gasteiger partial charge on any atom is -0.505 e. The molecule has 2 aromatic carbocycles. The fourth-order valence-electron chi connectivity index (χ4n) is 1.77. The summed E-state index contributed by atoms with van der Waals surface area (Å²) in [7, 11) is 0. The number of hydrogen-bond acceptors (Lipinski definition) is 2. The Morgan fingerprint density at radius 1 is 1.10 bits per heavy atom. The van der Waals surface area contributed by atoms with E-state index in [4.69, 9.17) is 10.2 Å². The second-order valence-electron chi connectivity index (χ2n) is 4.42. The van der Waals surface area contributed by atoms with Crippen molar-refractivity contribution in [3.8, 4) is 16.9 Å². The van der Waals surface area contributed by atoms with Crippen LogP contribution in [0.5, 0.6) is 5.75 Å². The number of rotatable bonds is 3. The van der Waals surface area contributed by atoms with Gasteiger partial charge < -0.3 is 10.2 Å². The first kappa shape index (κ1) is 13.8. The van der Waals surface area contributed by atoms with Crippen molar-refractivity contribution in [1.29, 1.82) is 0 Å². The lowest BCUT2D eigenvalue weighted by atomic mass is 10.0. The van der Waals surface area contributed by atoms with Crippen molar-refractivity contribution in [2.24, 2.45) is 0 Å². The largest absolute Gasteiger partial charge is 0.505 e. The number of phenolic OH excluding ortho intramolecular Hbond substituents is 1. The highest BCUT2D eigenvalue weighted by Gasteiger charge is 2.04. The van der Waals surface area contributed by atoms with Gasteiger partial charge in [-0.3, -0.25) is 0 Å². The van der Waals surface area contributed by atoms with Crippen LogP contribution in [-0.4, -0.2) is 16.2 Å². The molecule has 0 heterocycles. The second kappa shape index (κ2) is 5.57. The molecule has 0 saturated carbocycles. The van der Waals surface area contributed by atoms with Crippen LogP contribution in [0.15, 0.2) is 48.0 Å². The lowest BCUT2D eigenvalue weighted by Crippen LogP contribution is -1.95. The van der Waals surface area contributed by atoms with Gasteiger partial charge in [-0.05, 0) is 41.8 Å². The van der Waals surface area contributed by atoms with Crippen LogP contribution >= 0.6 is 0 Å². The lowest BCUT2D eigenvalue weighted by molar-refractivity contribution is -0.132. The Bertz CT molecular complexity index is 673. The topological polar surface area (TPSA) is 57.5 Å². The molecular weight excluding hydrogens is 259 g/mol. The predicted octanol–water partition coefficient (Wildman–Crippen LogP) is 3.69. The van der Waals surface area contributed by atoms with Crippen LogP contribution < -0.4 is 0 Å². The van der Waals surface area contributed by atoms with Crippen LogP contribution in [0.4, 0.5) is 4.39 Å². The summed E-state index contributed by atoms with van der Waals surface area (Å²) < 4.78 is 13.3. The van der Waals surface area contributed by atoms with Crippen LogP contribution in [-0.2, 0) is 4.79 Å². The maximum atomic E-state index is 13.3. The predicted molar refractivity (Wildman–Crippen MR) is 74.8 cm³/mol. The fourth-order valence-corrected chi connectivity index (χ4v) is 1.77. The molecule has 2 rings (SSSR count). The summed E-state index contributed by atoms with van der Waals surface area (Å²) in [6.45, 7) is 1.52. The number of hydrogen-bond donors (Lipinski definition) is 2. The van der Waals surface area contributed by atoms with Crippen molar-refractivity contribution in [3.63, 3.8) is 0 Å². The Morgan fingerprint density at radius 3 is 2.25 bits per heavy atom. The minimum atomic E-state index is -0.963. The highest BCUT2D eigenvalue weighted by atomic mass is 19.1. The number of aliphatic carboxylic acids is 1. The maximum absolute atomic E-state index is 13.3. The number of aromatic hydroxyl groups is 1. The summed E-state index contributed by atoms with van der Waals surface area (Å²) >= 11 is 0. The first-order valence-corrected chi connectivity index (χ1v) is 5.98. The molecule has 4 heteroatoms. The third-order valence-electron chi connectivity index (χ3n) is 2.91. The zero-order chi connectivity index (χ0) is 14.7.